The minimum atomic E-state index is -3.69. The van der Waals surface area contributed by atoms with Crippen molar-refractivity contribution in [2.24, 2.45) is 0 Å². The maximum Gasteiger partial charge on any atom is 0.261 e. The Balaban J connectivity index is 1.64. The van der Waals surface area contributed by atoms with Crippen LogP contribution in [0.5, 0.6) is 11.6 Å². The van der Waals surface area contributed by atoms with E-state index in [9.17, 15) is 13.2 Å². The lowest BCUT2D eigenvalue weighted by Gasteiger charge is -2.12. The molecule has 2 aromatic carbocycles. The Kier molecular flexibility index (Phi) is 7.15. The van der Waals surface area contributed by atoms with E-state index in [1.807, 2.05) is 27.7 Å². The molecule has 2 N–H and O–H groups in total. The minimum absolute atomic E-state index is 0.0874. The Labute approximate surface area is 188 Å². The number of pyridine rings is 1. The number of aryl methyl sites for hydroxylation is 2. The molecule has 0 bridgehead atoms. The van der Waals surface area contributed by atoms with E-state index < -0.39 is 10.0 Å². The predicted octanol–water partition coefficient (Wildman–Crippen LogP) is 4.82. The fourth-order valence-electron chi connectivity index (χ4n) is 2.79. The Bertz CT molecular complexity index is 1190. The maximum absolute atomic E-state index is 12.6. The molecule has 8 heteroatoms. The highest BCUT2D eigenvalue weighted by Gasteiger charge is 2.15. The smallest absolute Gasteiger partial charge is 0.261 e. The molecule has 0 aliphatic rings. The van der Waals surface area contributed by atoms with Crippen LogP contribution in [0.1, 0.15) is 41.8 Å². The Morgan fingerprint density at radius 1 is 1.03 bits per heavy atom. The van der Waals surface area contributed by atoms with E-state index in [0.29, 0.717) is 22.9 Å². The molecule has 0 aliphatic carbocycles. The molecule has 168 valence electrons. The topological polar surface area (TPSA) is 97.4 Å². The number of anilines is 1. The molecule has 32 heavy (non-hydrogen) atoms. The molecule has 0 radical (unpaired) electrons. The van der Waals surface area contributed by atoms with E-state index in [2.05, 4.69) is 15.0 Å². The van der Waals surface area contributed by atoms with Crippen molar-refractivity contribution in [3.05, 3.63) is 77.5 Å². The van der Waals surface area contributed by atoms with E-state index >= 15 is 0 Å². The van der Waals surface area contributed by atoms with Gasteiger partial charge < -0.3 is 10.1 Å². The molecule has 3 aromatic rings. The molecule has 0 aliphatic heterocycles. The number of carbonyl (C=O) groups is 1. The van der Waals surface area contributed by atoms with Gasteiger partial charge in [-0.05, 0) is 80.8 Å². The number of hydrogen-bond donors (Lipinski definition) is 2. The van der Waals surface area contributed by atoms with Gasteiger partial charge in [0.05, 0.1) is 10.5 Å². The first-order chi connectivity index (χ1) is 15.2. The monoisotopic (exact) mass is 453 g/mol. The van der Waals surface area contributed by atoms with Gasteiger partial charge in [0.1, 0.15) is 5.75 Å². The zero-order valence-electron chi connectivity index (χ0n) is 18.5. The van der Waals surface area contributed by atoms with Gasteiger partial charge in [0, 0.05) is 24.0 Å². The molecule has 0 saturated heterocycles. The van der Waals surface area contributed by atoms with Crippen LogP contribution in [0, 0.1) is 13.8 Å². The summed E-state index contributed by atoms with van der Waals surface area (Å²) in [4.78, 5) is 16.5. The van der Waals surface area contributed by atoms with Gasteiger partial charge in [-0.25, -0.2) is 13.4 Å². The summed E-state index contributed by atoms with van der Waals surface area (Å²) < 4.78 is 33.5. The van der Waals surface area contributed by atoms with Gasteiger partial charge in [-0.2, -0.15) is 0 Å². The molecule has 1 atom stereocenters. The third-order valence-electron chi connectivity index (χ3n) is 5.11. The van der Waals surface area contributed by atoms with E-state index in [1.54, 1.807) is 54.6 Å². The van der Waals surface area contributed by atoms with Crippen LogP contribution in [-0.2, 0) is 10.0 Å². The number of aromatic nitrogens is 1. The minimum Gasteiger partial charge on any atom is -0.439 e. The van der Waals surface area contributed by atoms with Gasteiger partial charge >= 0.3 is 0 Å². The van der Waals surface area contributed by atoms with Crippen LogP contribution in [0.15, 0.2) is 65.7 Å². The average molecular weight is 454 g/mol. The van der Waals surface area contributed by atoms with Crippen LogP contribution in [-0.4, -0.2) is 25.4 Å². The third-order valence-corrected chi connectivity index (χ3v) is 6.48. The normalized spacial score (nSPS) is 12.1. The predicted molar refractivity (Wildman–Crippen MR) is 125 cm³/mol. The van der Waals surface area contributed by atoms with E-state index in [4.69, 9.17) is 4.74 Å². The van der Waals surface area contributed by atoms with Gasteiger partial charge in [0.15, 0.2) is 0 Å². The zero-order valence-corrected chi connectivity index (χ0v) is 19.4. The molecule has 1 aromatic heterocycles. The number of nitrogens with one attached hydrogen (secondary N) is 2. The Hall–Kier alpha value is -3.39. The van der Waals surface area contributed by atoms with Crippen molar-refractivity contribution in [2.45, 2.75) is 45.1 Å². The number of nitrogens with zero attached hydrogens (tertiary/aromatic N) is 1. The summed E-state index contributed by atoms with van der Waals surface area (Å²) in [5, 5.41) is 2.88. The number of carbonyl (C=O) groups excluding carboxylic acids is 1. The second-order valence-corrected chi connectivity index (χ2v) is 9.33. The standard InChI is InChI=1S/C24H27N3O4S/c1-5-18(4)26-24(28)19-7-13-23(25-15-19)31-21-10-8-20(9-11-21)27-32(29,30)22-12-6-16(2)17(3)14-22/h6-15,18,27H,5H2,1-4H3,(H,26,28)/t18-/m1/s1. The first-order valence-electron chi connectivity index (χ1n) is 10.3. The van der Waals surface area contributed by atoms with Crippen molar-refractivity contribution in [3.63, 3.8) is 0 Å². The van der Waals surface area contributed by atoms with Crippen LogP contribution in [0.3, 0.4) is 0 Å². The number of sulfonamides is 1. The second kappa shape index (κ2) is 9.82. The van der Waals surface area contributed by atoms with Crippen LogP contribution in [0.4, 0.5) is 5.69 Å². The third kappa shape index (κ3) is 5.85. The van der Waals surface area contributed by atoms with Crippen LogP contribution < -0.4 is 14.8 Å². The number of benzene rings is 2. The average Bonchev–Trinajstić information content (AvgIpc) is 2.77. The fraction of sp³-hybridized carbons (Fsp3) is 0.250. The molecule has 1 amide bonds. The molecule has 0 saturated carbocycles. The quantitative estimate of drug-likeness (QED) is 0.510. The molecule has 0 spiro atoms. The van der Waals surface area contributed by atoms with E-state index in [0.717, 1.165) is 17.5 Å². The number of rotatable bonds is 8. The van der Waals surface area contributed by atoms with Crippen molar-refractivity contribution in [1.29, 1.82) is 0 Å². The largest absolute Gasteiger partial charge is 0.439 e. The van der Waals surface area contributed by atoms with Crippen LogP contribution in [0.25, 0.3) is 0 Å². The van der Waals surface area contributed by atoms with Gasteiger partial charge in [-0.15, -0.1) is 0 Å². The zero-order chi connectivity index (χ0) is 23.3. The molecule has 0 fully saturated rings. The highest BCUT2D eigenvalue weighted by Crippen LogP contribution is 2.24. The van der Waals surface area contributed by atoms with Gasteiger partial charge in [0.2, 0.25) is 5.88 Å². The summed E-state index contributed by atoms with van der Waals surface area (Å²) in [6, 6.07) is 14.9. The van der Waals surface area contributed by atoms with Crippen molar-refractivity contribution in [1.82, 2.24) is 10.3 Å². The Morgan fingerprint density at radius 3 is 2.34 bits per heavy atom. The highest BCUT2D eigenvalue weighted by atomic mass is 32.2. The molecule has 7 nitrogen and oxygen atoms in total. The summed E-state index contributed by atoms with van der Waals surface area (Å²) in [5.74, 6) is 0.635. The lowest BCUT2D eigenvalue weighted by molar-refractivity contribution is 0.0939. The van der Waals surface area contributed by atoms with E-state index in [1.165, 1.54) is 6.20 Å². The summed E-state index contributed by atoms with van der Waals surface area (Å²) in [7, 11) is -3.69. The SMILES string of the molecule is CC[C@@H](C)NC(=O)c1ccc(Oc2ccc(NS(=O)(=O)c3ccc(C)c(C)c3)cc2)nc1. The Morgan fingerprint density at radius 2 is 1.75 bits per heavy atom. The molecule has 0 unspecified atom stereocenters. The van der Waals surface area contributed by atoms with Crippen molar-refractivity contribution in [3.8, 4) is 11.6 Å². The summed E-state index contributed by atoms with van der Waals surface area (Å²) in [5.41, 5.74) is 2.81. The summed E-state index contributed by atoms with van der Waals surface area (Å²) in [6.45, 7) is 7.75. The van der Waals surface area contributed by atoms with Gasteiger partial charge in [0.25, 0.3) is 15.9 Å². The molecular formula is C24H27N3O4S. The highest BCUT2D eigenvalue weighted by molar-refractivity contribution is 7.92. The molecular weight excluding hydrogens is 426 g/mol. The van der Waals surface area contributed by atoms with Crippen molar-refractivity contribution in [2.75, 3.05) is 4.72 Å². The van der Waals surface area contributed by atoms with Crippen molar-refractivity contribution >= 4 is 21.6 Å². The number of ether oxygens (including phenoxy) is 1. The fourth-order valence-corrected chi connectivity index (χ4v) is 3.93. The molecule has 3 rings (SSSR count). The molecule has 1 heterocycles. The van der Waals surface area contributed by atoms with E-state index in [-0.39, 0.29) is 16.8 Å². The summed E-state index contributed by atoms with van der Waals surface area (Å²) in [6.07, 6.45) is 2.30. The first kappa shape index (κ1) is 23.3. The second-order valence-electron chi connectivity index (χ2n) is 7.65. The van der Waals surface area contributed by atoms with Crippen molar-refractivity contribution < 1.29 is 17.9 Å². The maximum atomic E-state index is 12.6. The first-order valence-corrected chi connectivity index (χ1v) is 11.8. The van der Waals surface area contributed by atoms with Gasteiger partial charge in [-0.3, -0.25) is 9.52 Å². The van der Waals surface area contributed by atoms with Crippen LogP contribution >= 0.6 is 0 Å². The van der Waals surface area contributed by atoms with Crippen LogP contribution in [0.2, 0.25) is 0 Å². The number of amides is 1. The lowest BCUT2D eigenvalue weighted by atomic mass is 10.1. The summed E-state index contributed by atoms with van der Waals surface area (Å²) >= 11 is 0. The lowest BCUT2D eigenvalue weighted by Crippen LogP contribution is -2.31. The van der Waals surface area contributed by atoms with Gasteiger partial charge in [-0.1, -0.05) is 13.0 Å². The number of hydrogen-bond acceptors (Lipinski definition) is 5.